The van der Waals surface area contributed by atoms with Gasteiger partial charge in [-0.1, -0.05) is 49.2 Å². The normalized spacial score (nSPS) is 19.9. The van der Waals surface area contributed by atoms with Crippen LogP contribution in [0.5, 0.6) is 0 Å². The molecule has 0 N–H and O–H groups in total. The number of benzene rings is 2. The molecular formula is C20H24N2O3S. The van der Waals surface area contributed by atoms with E-state index in [-0.39, 0.29) is 11.8 Å². The first-order valence-corrected chi connectivity index (χ1v) is 10.8. The monoisotopic (exact) mass is 372 g/mol. The van der Waals surface area contributed by atoms with Gasteiger partial charge in [0.25, 0.3) is 0 Å². The first kappa shape index (κ1) is 17.5. The van der Waals surface area contributed by atoms with Crippen LogP contribution in [0, 0.1) is 5.92 Å². The smallest absolute Gasteiger partial charge is 0.243 e. The number of rotatable bonds is 3. The third-order valence-electron chi connectivity index (χ3n) is 5.62. The Morgan fingerprint density at radius 2 is 1.54 bits per heavy atom. The van der Waals surface area contributed by atoms with Crippen molar-refractivity contribution in [2.24, 2.45) is 5.92 Å². The molecule has 1 saturated heterocycles. The quantitative estimate of drug-likeness (QED) is 0.832. The Bertz CT molecular complexity index is 906. The molecule has 0 unspecified atom stereocenters. The van der Waals surface area contributed by atoms with E-state index < -0.39 is 10.0 Å². The lowest BCUT2D eigenvalue weighted by atomic mass is 10.1. The van der Waals surface area contributed by atoms with Gasteiger partial charge in [0.2, 0.25) is 15.9 Å². The molecule has 0 atom stereocenters. The zero-order chi connectivity index (χ0) is 18.1. The Morgan fingerprint density at radius 1 is 0.885 bits per heavy atom. The topological polar surface area (TPSA) is 57.7 Å². The maximum absolute atomic E-state index is 13.2. The zero-order valence-corrected chi connectivity index (χ0v) is 15.6. The number of fused-ring (bicyclic) bond motifs is 1. The average molecular weight is 372 g/mol. The maximum Gasteiger partial charge on any atom is 0.243 e. The van der Waals surface area contributed by atoms with E-state index in [1.54, 1.807) is 12.1 Å². The number of hydrogen-bond acceptors (Lipinski definition) is 3. The van der Waals surface area contributed by atoms with Crippen molar-refractivity contribution in [2.75, 3.05) is 26.2 Å². The summed E-state index contributed by atoms with van der Waals surface area (Å²) in [6.07, 6.45) is 4.22. The number of hydrogen-bond donors (Lipinski definition) is 0. The van der Waals surface area contributed by atoms with Gasteiger partial charge in [0.05, 0.1) is 4.90 Å². The van der Waals surface area contributed by atoms with Crippen LogP contribution in [0.3, 0.4) is 0 Å². The van der Waals surface area contributed by atoms with Crippen molar-refractivity contribution in [1.82, 2.24) is 9.21 Å². The maximum atomic E-state index is 13.2. The summed E-state index contributed by atoms with van der Waals surface area (Å²) in [5.74, 6) is 0.362. The Kier molecular flexibility index (Phi) is 4.71. The summed E-state index contributed by atoms with van der Waals surface area (Å²) in [7, 11) is -3.56. The molecule has 1 saturated carbocycles. The molecule has 2 aromatic carbocycles. The van der Waals surface area contributed by atoms with Gasteiger partial charge >= 0.3 is 0 Å². The summed E-state index contributed by atoms with van der Waals surface area (Å²) in [5, 5.41) is 1.67. The van der Waals surface area contributed by atoms with Gasteiger partial charge in [-0.2, -0.15) is 4.31 Å². The Balaban J connectivity index is 1.52. The molecule has 6 heteroatoms. The molecule has 26 heavy (non-hydrogen) atoms. The van der Waals surface area contributed by atoms with Gasteiger partial charge in [-0.3, -0.25) is 4.79 Å². The van der Waals surface area contributed by atoms with Gasteiger partial charge in [0.1, 0.15) is 0 Å². The predicted octanol–water partition coefficient (Wildman–Crippen LogP) is 2.86. The van der Waals surface area contributed by atoms with Crippen LogP contribution in [0.1, 0.15) is 25.7 Å². The van der Waals surface area contributed by atoms with E-state index in [1.165, 1.54) is 4.31 Å². The highest BCUT2D eigenvalue weighted by Crippen LogP contribution is 2.29. The van der Waals surface area contributed by atoms with Crippen LogP contribution in [0.2, 0.25) is 0 Å². The first-order chi connectivity index (χ1) is 12.6. The minimum Gasteiger partial charge on any atom is -0.340 e. The standard InChI is InChI=1S/C20H24N2O3S/c23-20(17-7-1-2-8-17)21-12-14-22(15-13-21)26(24,25)19-11-5-9-16-6-3-4-10-18(16)19/h3-6,9-11,17H,1-2,7-8,12-15H2. The van der Waals surface area contributed by atoms with Crippen LogP contribution < -0.4 is 0 Å². The molecule has 4 rings (SSSR count). The lowest BCUT2D eigenvalue weighted by Crippen LogP contribution is -2.51. The molecule has 1 heterocycles. The molecule has 2 aromatic rings. The van der Waals surface area contributed by atoms with E-state index in [0.717, 1.165) is 36.5 Å². The fraction of sp³-hybridized carbons (Fsp3) is 0.450. The molecule has 2 fully saturated rings. The van der Waals surface area contributed by atoms with Crippen molar-refractivity contribution in [1.29, 1.82) is 0 Å². The molecule has 0 radical (unpaired) electrons. The lowest BCUT2D eigenvalue weighted by molar-refractivity contribution is -0.136. The number of nitrogens with zero attached hydrogens (tertiary/aromatic N) is 2. The molecule has 1 aliphatic carbocycles. The fourth-order valence-corrected chi connectivity index (χ4v) is 5.78. The van der Waals surface area contributed by atoms with E-state index in [2.05, 4.69) is 0 Å². The van der Waals surface area contributed by atoms with Crippen LogP contribution in [-0.4, -0.2) is 49.7 Å². The number of sulfonamides is 1. The minimum atomic E-state index is -3.56. The fourth-order valence-electron chi connectivity index (χ4n) is 4.14. The molecule has 1 amide bonds. The number of piperazine rings is 1. The van der Waals surface area contributed by atoms with Crippen LogP contribution in [0.15, 0.2) is 47.4 Å². The molecule has 2 aliphatic rings. The second-order valence-corrected chi connectivity index (χ2v) is 9.09. The SMILES string of the molecule is O=C(C1CCCC1)N1CCN(S(=O)(=O)c2cccc3ccccc23)CC1. The molecule has 0 spiro atoms. The average Bonchev–Trinajstić information content (AvgIpc) is 3.22. The number of carbonyl (C=O) groups is 1. The summed E-state index contributed by atoms with van der Waals surface area (Å²) < 4.78 is 27.8. The molecule has 0 aromatic heterocycles. The summed E-state index contributed by atoms with van der Waals surface area (Å²) >= 11 is 0. The van der Waals surface area contributed by atoms with Gasteiger partial charge in [-0.15, -0.1) is 0 Å². The second kappa shape index (κ2) is 7.00. The van der Waals surface area contributed by atoms with Crippen LogP contribution in [0.4, 0.5) is 0 Å². The summed E-state index contributed by atoms with van der Waals surface area (Å²) in [4.78, 5) is 14.8. The lowest BCUT2D eigenvalue weighted by Gasteiger charge is -2.35. The first-order valence-electron chi connectivity index (χ1n) is 9.34. The second-order valence-electron chi connectivity index (χ2n) is 7.19. The molecule has 1 aliphatic heterocycles. The highest BCUT2D eigenvalue weighted by atomic mass is 32.2. The molecule has 138 valence electrons. The molecular weight excluding hydrogens is 348 g/mol. The van der Waals surface area contributed by atoms with Crippen molar-refractivity contribution in [3.63, 3.8) is 0 Å². The van der Waals surface area contributed by atoms with E-state index in [1.807, 2.05) is 35.2 Å². The van der Waals surface area contributed by atoms with E-state index in [9.17, 15) is 13.2 Å². The third-order valence-corrected chi connectivity index (χ3v) is 7.58. The predicted molar refractivity (Wildman–Crippen MR) is 101 cm³/mol. The minimum absolute atomic E-state index is 0.149. The summed E-state index contributed by atoms with van der Waals surface area (Å²) in [5.41, 5.74) is 0. The Labute approximate surface area is 154 Å². The van der Waals surface area contributed by atoms with Crippen molar-refractivity contribution in [3.05, 3.63) is 42.5 Å². The summed E-state index contributed by atoms with van der Waals surface area (Å²) in [6, 6.07) is 12.9. The van der Waals surface area contributed by atoms with Gasteiger partial charge < -0.3 is 4.90 Å². The van der Waals surface area contributed by atoms with Crippen molar-refractivity contribution < 1.29 is 13.2 Å². The van der Waals surface area contributed by atoms with E-state index in [0.29, 0.717) is 31.1 Å². The van der Waals surface area contributed by atoms with Gasteiger partial charge in [-0.25, -0.2) is 8.42 Å². The number of amides is 1. The summed E-state index contributed by atoms with van der Waals surface area (Å²) in [6.45, 7) is 1.70. The van der Waals surface area contributed by atoms with Crippen LogP contribution in [0.25, 0.3) is 10.8 Å². The molecule has 0 bridgehead atoms. The van der Waals surface area contributed by atoms with Crippen LogP contribution >= 0.6 is 0 Å². The van der Waals surface area contributed by atoms with E-state index >= 15 is 0 Å². The van der Waals surface area contributed by atoms with Crippen molar-refractivity contribution in [3.8, 4) is 0 Å². The van der Waals surface area contributed by atoms with Gasteiger partial charge in [0, 0.05) is 37.5 Å². The van der Waals surface area contributed by atoms with Gasteiger partial charge in [0.15, 0.2) is 0 Å². The number of carbonyl (C=O) groups excluding carboxylic acids is 1. The van der Waals surface area contributed by atoms with Crippen molar-refractivity contribution >= 4 is 26.7 Å². The third kappa shape index (κ3) is 3.12. The van der Waals surface area contributed by atoms with Crippen LogP contribution in [-0.2, 0) is 14.8 Å². The zero-order valence-electron chi connectivity index (χ0n) is 14.8. The highest BCUT2D eigenvalue weighted by Gasteiger charge is 2.33. The van der Waals surface area contributed by atoms with Gasteiger partial charge in [-0.05, 0) is 24.3 Å². The Morgan fingerprint density at radius 3 is 2.27 bits per heavy atom. The largest absolute Gasteiger partial charge is 0.340 e. The van der Waals surface area contributed by atoms with Crippen molar-refractivity contribution in [2.45, 2.75) is 30.6 Å². The highest BCUT2D eigenvalue weighted by molar-refractivity contribution is 7.89. The molecule has 5 nitrogen and oxygen atoms in total. The van der Waals surface area contributed by atoms with E-state index in [4.69, 9.17) is 0 Å². The Hall–Kier alpha value is -1.92.